The number of ketones is 1. The number of fused-ring (bicyclic) bond motifs is 3. The Morgan fingerprint density at radius 1 is 1.20 bits per heavy atom. The molecule has 0 aromatic heterocycles. The van der Waals surface area contributed by atoms with Crippen LogP contribution in [-0.4, -0.2) is 18.9 Å². The molecule has 0 saturated carbocycles. The van der Waals surface area contributed by atoms with Crippen LogP contribution in [0.25, 0.3) is 10.8 Å². The largest absolute Gasteiger partial charge is 0.468 e. The molecule has 1 aliphatic rings. The summed E-state index contributed by atoms with van der Waals surface area (Å²) in [6.07, 6.45) is 1.22. The smallest absolute Gasteiger partial charge is 0.319 e. The highest BCUT2D eigenvalue weighted by Crippen LogP contribution is 2.39. The van der Waals surface area contributed by atoms with Gasteiger partial charge >= 0.3 is 5.97 Å². The van der Waals surface area contributed by atoms with E-state index in [1.807, 2.05) is 36.4 Å². The molecule has 0 amide bonds. The Morgan fingerprint density at radius 2 is 1.95 bits per heavy atom. The Balaban J connectivity index is 2.24. The minimum atomic E-state index is -1.06. The average Bonchev–Trinajstić information content (AvgIpc) is 2.49. The second kappa shape index (κ2) is 4.44. The monoisotopic (exact) mass is 268 g/mol. The molecule has 3 heteroatoms. The Labute approximate surface area is 117 Å². The van der Waals surface area contributed by atoms with Crippen molar-refractivity contribution in [3.05, 3.63) is 47.5 Å². The predicted molar refractivity (Wildman–Crippen MR) is 76.7 cm³/mol. The standard InChI is InChI=1S/C17H16O3/c1-17(16(19)20-2)10-9-12-8-7-11-5-3-4-6-13(11)14(12)15(17)18/h3-8H,9-10H2,1-2H3. The summed E-state index contributed by atoms with van der Waals surface area (Å²) in [4.78, 5) is 24.9. The molecule has 0 heterocycles. The summed E-state index contributed by atoms with van der Waals surface area (Å²) in [6.45, 7) is 1.69. The van der Waals surface area contributed by atoms with Crippen molar-refractivity contribution in [1.29, 1.82) is 0 Å². The van der Waals surface area contributed by atoms with Crippen molar-refractivity contribution >= 4 is 22.5 Å². The van der Waals surface area contributed by atoms with E-state index in [-0.39, 0.29) is 5.78 Å². The highest BCUT2D eigenvalue weighted by Gasteiger charge is 2.46. The van der Waals surface area contributed by atoms with Crippen LogP contribution in [0.2, 0.25) is 0 Å². The number of esters is 1. The van der Waals surface area contributed by atoms with Gasteiger partial charge in [0.25, 0.3) is 0 Å². The summed E-state index contributed by atoms with van der Waals surface area (Å²) in [5, 5.41) is 1.94. The zero-order chi connectivity index (χ0) is 14.3. The van der Waals surface area contributed by atoms with Crippen LogP contribution in [0.4, 0.5) is 0 Å². The van der Waals surface area contributed by atoms with Crippen molar-refractivity contribution in [2.24, 2.45) is 5.41 Å². The maximum atomic E-state index is 12.9. The minimum Gasteiger partial charge on any atom is -0.468 e. The average molecular weight is 268 g/mol. The Kier molecular flexibility index (Phi) is 2.85. The predicted octanol–water partition coefficient (Wildman–Crippen LogP) is 3.15. The molecule has 20 heavy (non-hydrogen) atoms. The van der Waals surface area contributed by atoms with E-state index in [0.29, 0.717) is 12.0 Å². The zero-order valence-corrected chi connectivity index (χ0v) is 11.6. The summed E-state index contributed by atoms with van der Waals surface area (Å²) in [5.41, 5.74) is 0.642. The van der Waals surface area contributed by atoms with Gasteiger partial charge in [0.05, 0.1) is 7.11 Å². The van der Waals surface area contributed by atoms with Crippen molar-refractivity contribution in [2.45, 2.75) is 19.8 Å². The van der Waals surface area contributed by atoms with Gasteiger partial charge in [0, 0.05) is 5.56 Å². The Morgan fingerprint density at radius 3 is 2.70 bits per heavy atom. The van der Waals surface area contributed by atoms with E-state index < -0.39 is 11.4 Å². The van der Waals surface area contributed by atoms with Crippen LogP contribution in [0.1, 0.15) is 29.3 Å². The maximum Gasteiger partial charge on any atom is 0.319 e. The molecule has 102 valence electrons. The molecule has 0 fully saturated rings. The molecule has 2 aromatic carbocycles. The number of carbonyl (C=O) groups excluding carboxylic acids is 2. The lowest BCUT2D eigenvalue weighted by molar-refractivity contribution is -0.149. The van der Waals surface area contributed by atoms with Crippen LogP contribution in [-0.2, 0) is 16.0 Å². The summed E-state index contributed by atoms with van der Waals surface area (Å²) in [7, 11) is 1.33. The highest BCUT2D eigenvalue weighted by atomic mass is 16.5. The van der Waals surface area contributed by atoms with Crippen LogP contribution >= 0.6 is 0 Å². The SMILES string of the molecule is COC(=O)C1(C)CCc2ccc3ccccc3c2C1=O. The fraction of sp³-hybridized carbons (Fsp3) is 0.294. The molecule has 2 aromatic rings. The lowest BCUT2D eigenvalue weighted by atomic mass is 9.70. The second-order valence-electron chi connectivity index (χ2n) is 5.47. The number of hydrogen-bond acceptors (Lipinski definition) is 3. The first-order chi connectivity index (χ1) is 9.58. The number of Topliss-reactive ketones (excluding diaryl/α,β-unsaturated/α-hetero) is 1. The number of aryl methyl sites for hydroxylation is 1. The molecule has 0 spiro atoms. The maximum absolute atomic E-state index is 12.9. The summed E-state index contributed by atoms with van der Waals surface area (Å²) >= 11 is 0. The van der Waals surface area contributed by atoms with Gasteiger partial charge in [-0.3, -0.25) is 9.59 Å². The molecule has 0 aliphatic heterocycles. The third kappa shape index (κ3) is 1.66. The van der Waals surface area contributed by atoms with E-state index in [4.69, 9.17) is 4.74 Å². The number of benzene rings is 2. The number of hydrogen-bond donors (Lipinski definition) is 0. The fourth-order valence-corrected chi connectivity index (χ4v) is 2.99. The number of rotatable bonds is 1. The molecule has 3 rings (SSSR count). The number of ether oxygens (including phenoxy) is 1. The van der Waals surface area contributed by atoms with Gasteiger partial charge in [0.15, 0.2) is 5.78 Å². The first-order valence-corrected chi connectivity index (χ1v) is 6.72. The van der Waals surface area contributed by atoms with Crippen molar-refractivity contribution in [3.8, 4) is 0 Å². The van der Waals surface area contributed by atoms with Crippen molar-refractivity contribution in [1.82, 2.24) is 0 Å². The van der Waals surface area contributed by atoms with Crippen LogP contribution in [0.15, 0.2) is 36.4 Å². The molecule has 1 unspecified atom stereocenters. The second-order valence-corrected chi connectivity index (χ2v) is 5.47. The van der Waals surface area contributed by atoms with E-state index >= 15 is 0 Å². The van der Waals surface area contributed by atoms with E-state index in [2.05, 4.69) is 0 Å². The van der Waals surface area contributed by atoms with E-state index in [1.54, 1.807) is 6.92 Å². The molecule has 0 N–H and O–H groups in total. The minimum absolute atomic E-state index is 0.123. The Hall–Kier alpha value is -2.16. The van der Waals surface area contributed by atoms with Gasteiger partial charge in [-0.2, -0.15) is 0 Å². The fourth-order valence-electron chi connectivity index (χ4n) is 2.99. The Bertz CT molecular complexity index is 717. The van der Waals surface area contributed by atoms with Gasteiger partial charge in [-0.15, -0.1) is 0 Å². The van der Waals surface area contributed by atoms with E-state index in [1.165, 1.54) is 7.11 Å². The van der Waals surface area contributed by atoms with Crippen LogP contribution in [0, 0.1) is 5.41 Å². The highest BCUT2D eigenvalue weighted by molar-refractivity contribution is 6.19. The zero-order valence-electron chi connectivity index (χ0n) is 11.6. The van der Waals surface area contributed by atoms with Gasteiger partial charge in [-0.25, -0.2) is 0 Å². The number of methoxy groups -OCH3 is 1. The normalized spacial score (nSPS) is 21.6. The van der Waals surface area contributed by atoms with Crippen LogP contribution < -0.4 is 0 Å². The summed E-state index contributed by atoms with van der Waals surface area (Å²) in [6, 6.07) is 11.8. The van der Waals surface area contributed by atoms with Crippen molar-refractivity contribution < 1.29 is 14.3 Å². The molecule has 0 radical (unpaired) electrons. The summed E-state index contributed by atoms with van der Waals surface area (Å²) < 4.78 is 4.83. The van der Waals surface area contributed by atoms with E-state index in [9.17, 15) is 9.59 Å². The van der Waals surface area contributed by atoms with Crippen molar-refractivity contribution in [2.75, 3.05) is 7.11 Å². The molecular formula is C17H16O3. The first kappa shape index (κ1) is 12.9. The first-order valence-electron chi connectivity index (χ1n) is 6.72. The lowest BCUT2D eigenvalue weighted by Crippen LogP contribution is -2.41. The molecule has 3 nitrogen and oxygen atoms in total. The van der Waals surface area contributed by atoms with Crippen LogP contribution in [0.3, 0.4) is 0 Å². The summed E-state index contributed by atoms with van der Waals surface area (Å²) in [5.74, 6) is -0.566. The number of carbonyl (C=O) groups is 2. The van der Waals surface area contributed by atoms with Gasteiger partial charge in [0.2, 0.25) is 0 Å². The quantitative estimate of drug-likeness (QED) is 0.589. The molecule has 1 atom stereocenters. The third-order valence-electron chi connectivity index (χ3n) is 4.27. The third-order valence-corrected chi connectivity index (χ3v) is 4.27. The van der Waals surface area contributed by atoms with E-state index in [0.717, 1.165) is 22.8 Å². The molecule has 1 aliphatic carbocycles. The van der Waals surface area contributed by atoms with Gasteiger partial charge in [-0.1, -0.05) is 36.4 Å². The molecular weight excluding hydrogens is 252 g/mol. The van der Waals surface area contributed by atoms with Crippen LogP contribution in [0.5, 0.6) is 0 Å². The molecule has 0 bridgehead atoms. The van der Waals surface area contributed by atoms with Gasteiger partial charge in [-0.05, 0) is 36.1 Å². The van der Waals surface area contributed by atoms with Gasteiger partial charge in [0.1, 0.15) is 5.41 Å². The van der Waals surface area contributed by atoms with Gasteiger partial charge < -0.3 is 4.74 Å². The lowest BCUT2D eigenvalue weighted by Gasteiger charge is -2.31. The topological polar surface area (TPSA) is 43.4 Å². The molecule has 0 saturated heterocycles. The van der Waals surface area contributed by atoms with Crippen molar-refractivity contribution in [3.63, 3.8) is 0 Å².